The molecular formula is C6H5F5O4. The summed E-state index contributed by atoms with van der Waals surface area (Å²) in [4.78, 5) is 10.2. The summed E-state index contributed by atoms with van der Waals surface area (Å²) in [6.07, 6.45) is -6.09. The van der Waals surface area contributed by atoms with E-state index in [0.29, 0.717) is 0 Å². The Hall–Kier alpha value is -1.22. The largest absolute Gasteiger partial charge is 0.463 e. The molecule has 0 spiro atoms. The maximum absolute atomic E-state index is 12.3. The number of esters is 1. The molecule has 0 aromatic heterocycles. The first-order valence-corrected chi connectivity index (χ1v) is 3.20. The monoisotopic (exact) mass is 236 g/mol. The van der Waals surface area contributed by atoms with Gasteiger partial charge in [0.05, 0.1) is 0 Å². The summed E-state index contributed by atoms with van der Waals surface area (Å²) in [6.45, 7) is 2.67. The molecule has 0 aliphatic carbocycles. The van der Waals surface area contributed by atoms with E-state index in [2.05, 4.69) is 11.3 Å². The lowest BCUT2D eigenvalue weighted by Gasteiger charge is -2.30. The van der Waals surface area contributed by atoms with E-state index in [1.807, 2.05) is 0 Å². The average Bonchev–Trinajstić information content (AvgIpc) is 2.00. The Labute approximate surface area is 79.6 Å². The zero-order chi connectivity index (χ0) is 12.5. The van der Waals surface area contributed by atoms with E-state index in [1.165, 1.54) is 0 Å². The summed E-state index contributed by atoms with van der Waals surface area (Å²) >= 11 is 0. The maximum Gasteiger partial charge on any atom is 0.463 e. The van der Waals surface area contributed by atoms with E-state index < -0.39 is 24.0 Å². The van der Waals surface area contributed by atoms with E-state index in [4.69, 9.17) is 10.2 Å². The van der Waals surface area contributed by atoms with Gasteiger partial charge in [0.15, 0.2) is 0 Å². The molecule has 0 fully saturated rings. The van der Waals surface area contributed by atoms with Crippen LogP contribution < -0.4 is 0 Å². The number of halogens is 5. The lowest BCUT2D eigenvalue weighted by Crippen LogP contribution is -2.59. The van der Waals surface area contributed by atoms with Crippen LogP contribution in [0.5, 0.6) is 0 Å². The first-order valence-electron chi connectivity index (χ1n) is 3.20. The fourth-order valence-corrected chi connectivity index (χ4v) is 0.431. The molecule has 0 saturated heterocycles. The molecule has 0 atom stereocenters. The van der Waals surface area contributed by atoms with Crippen molar-refractivity contribution in [3.05, 3.63) is 12.7 Å². The lowest BCUT2D eigenvalue weighted by molar-refractivity contribution is -0.461. The number of carbonyl (C=O) groups is 1. The third-order valence-electron chi connectivity index (χ3n) is 1.17. The Morgan fingerprint density at radius 2 is 1.60 bits per heavy atom. The SMILES string of the molecule is C=CC(=O)OC(O)(O)C(F)(F)C(F)(F)F. The van der Waals surface area contributed by atoms with Crippen molar-refractivity contribution in [1.82, 2.24) is 0 Å². The molecule has 0 saturated carbocycles. The number of alkyl halides is 5. The minimum atomic E-state index is -6.28. The standard InChI is InChI=1S/C6H5F5O4/c1-2-3(12)15-6(13,14)4(7,8)5(9,10)11/h2,13-14H,1H2. The number of aliphatic hydroxyl groups is 2. The second kappa shape index (κ2) is 3.74. The highest BCUT2D eigenvalue weighted by atomic mass is 19.4. The summed E-state index contributed by atoms with van der Waals surface area (Å²) in [5.74, 6) is -12.8. The summed E-state index contributed by atoms with van der Waals surface area (Å²) in [5, 5.41) is 16.5. The van der Waals surface area contributed by atoms with Crippen molar-refractivity contribution in [1.29, 1.82) is 0 Å². The van der Waals surface area contributed by atoms with Crippen LogP contribution in [0.25, 0.3) is 0 Å². The van der Waals surface area contributed by atoms with E-state index in [1.54, 1.807) is 0 Å². The van der Waals surface area contributed by atoms with Gasteiger partial charge in [-0.2, -0.15) is 22.0 Å². The van der Waals surface area contributed by atoms with Crippen LogP contribution in [0.3, 0.4) is 0 Å². The molecule has 0 heterocycles. The van der Waals surface area contributed by atoms with Gasteiger partial charge in [-0.05, 0) is 0 Å². The molecule has 0 unspecified atom stereocenters. The molecule has 0 bridgehead atoms. The molecule has 2 N–H and O–H groups in total. The van der Waals surface area contributed by atoms with Gasteiger partial charge in [-0.1, -0.05) is 6.58 Å². The van der Waals surface area contributed by atoms with Gasteiger partial charge in [0, 0.05) is 6.08 Å². The highest BCUT2D eigenvalue weighted by molar-refractivity contribution is 5.81. The van der Waals surface area contributed by atoms with Crippen molar-refractivity contribution >= 4 is 5.97 Å². The second-order valence-electron chi connectivity index (χ2n) is 2.31. The van der Waals surface area contributed by atoms with Gasteiger partial charge in [0.25, 0.3) is 0 Å². The molecule has 0 aliphatic rings. The fourth-order valence-electron chi connectivity index (χ4n) is 0.431. The topological polar surface area (TPSA) is 66.8 Å². The molecule has 0 aliphatic heterocycles. The van der Waals surface area contributed by atoms with Crippen molar-refractivity contribution in [2.75, 3.05) is 0 Å². The van der Waals surface area contributed by atoms with Crippen LogP contribution in [-0.4, -0.2) is 34.3 Å². The Morgan fingerprint density at radius 3 is 1.87 bits per heavy atom. The molecule has 0 aromatic carbocycles. The Morgan fingerprint density at radius 1 is 1.20 bits per heavy atom. The highest BCUT2D eigenvalue weighted by Crippen LogP contribution is 2.42. The van der Waals surface area contributed by atoms with Crippen LogP contribution in [-0.2, 0) is 9.53 Å². The number of hydrogen-bond donors (Lipinski definition) is 2. The summed E-state index contributed by atoms with van der Waals surface area (Å²) in [6, 6.07) is 0. The predicted molar refractivity (Wildman–Crippen MR) is 34.5 cm³/mol. The second-order valence-corrected chi connectivity index (χ2v) is 2.31. The van der Waals surface area contributed by atoms with Crippen LogP contribution >= 0.6 is 0 Å². The molecular weight excluding hydrogens is 231 g/mol. The van der Waals surface area contributed by atoms with Gasteiger partial charge >= 0.3 is 24.0 Å². The fraction of sp³-hybridized carbons (Fsp3) is 0.500. The van der Waals surface area contributed by atoms with Crippen LogP contribution in [0.4, 0.5) is 22.0 Å². The Balaban J connectivity index is 5.01. The van der Waals surface area contributed by atoms with Gasteiger partial charge < -0.3 is 14.9 Å². The summed E-state index contributed by atoms with van der Waals surface area (Å²) in [5.41, 5.74) is 0. The molecule has 9 heteroatoms. The van der Waals surface area contributed by atoms with E-state index >= 15 is 0 Å². The minimum absolute atomic E-state index is 0.188. The van der Waals surface area contributed by atoms with Crippen molar-refractivity contribution in [2.45, 2.75) is 18.1 Å². The van der Waals surface area contributed by atoms with E-state index in [9.17, 15) is 26.7 Å². The Bertz CT molecular complexity index is 269. The first kappa shape index (κ1) is 13.8. The van der Waals surface area contributed by atoms with Gasteiger partial charge in [-0.25, -0.2) is 4.79 Å². The van der Waals surface area contributed by atoms with Crippen LogP contribution in [0.1, 0.15) is 0 Å². The quantitative estimate of drug-likeness (QED) is 0.325. The predicted octanol–water partition coefficient (Wildman–Crippen LogP) is 0.552. The van der Waals surface area contributed by atoms with Crippen LogP contribution in [0.15, 0.2) is 12.7 Å². The minimum Gasteiger partial charge on any atom is -0.400 e. The van der Waals surface area contributed by atoms with Crippen molar-refractivity contribution in [3.63, 3.8) is 0 Å². The normalized spacial score (nSPS) is 13.5. The smallest absolute Gasteiger partial charge is 0.400 e. The van der Waals surface area contributed by atoms with Gasteiger partial charge in [0.1, 0.15) is 0 Å². The summed E-state index contributed by atoms with van der Waals surface area (Å²) < 4.78 is 62.4. The third-order valence-corrected chi connectivity index (χ3v) is 1.17. The number of rotatable bonds is 3. The third kappa shape index (κ3) is 2.63. The molecule has 0 radical (unpaired) electrons. The number of carbonyl (C=O) groups excluding carboxylic acids is 1. The lowest BCUT2D eigenvalue weighted by atomic mass is 10.2. The average molecular weight is 236 g/mol. The van der Waals surface area contributed by atoms with Gasteiger partial charge in [0.2, 0.25) is 0 Å². The first-order chi connectivity index (χ1) is 6.45. The number of ether oxygens (including phenoxy) is 1. The molecule has 0 rings (SSSR count). The van der Waals surface area contributed by atoms with Gasteiger partial charge in [-0.15, -0.1) is 0 Å². The molecule has 0 aromatic rings. The zero-order valence-corrected chi connectivity index (χ0v) is 6.89. The van der Waals surface area contributed by atoms with Crippen molar-refractivity contribution in [2.24, 2.45) is 0 Å². The van der Waals surface area contributed by atoms with Crippen molar-refractivity contribution in [3.8, 4) is 0 Å². The molecule has 4 nitrogen and oxygen atoms in total. The number of hydrogen-bond acceptors (Lipinski definition) is 4. The zero-order valence-electron chi connectivity index (χ0n) is 6.89. The van der Waals surface area contributed by atoms with E-state index in [0.717, 1.165) is 0 Å². The summed E-state index contributed by atoms with van der Waals surface area (Å²) in [7, 11) is 0. The molecule has 15 heavy (non-hydrogen) atoms. The Kier molecular flexibility index (Phi) is 3.43. The van der Waals surface area contributed by atoms with Crippen molar-refractivity contribution < 1.29 is 41.7 Å². The molecule has 88 valence electrons. The van der Waals surface area contributed by atoms with Gasteiger partial charge in [-0.3, -0.25) is 0 Å². The van der Waals surface area contributed by atoms with Crippen LogP contribution in [0.2, 0.25) is 0 Å². The molecule has 0 amide bonds. The maximum atomic E-state index is 12.3. The highest BCUT2D eigenvalue weighted by Gasteiger charge is 2.73. The van der Waals surface area contributed by atoms with Crippen LogP contribution in [0, 0.1) is 0 Å². The van der Waals surface area contributed by atoms with E-state index in [-0.39, 0.29) is 6.08 Å².